The van der Waals surface area contributed by atoms with Crippen molar-refractivity contribution in [3.63, 3.8) is 0 Å². The number of halogens is 4. The Bertz CT molecular complexity index is 518. The fraction of sp³-hybridized carbons (Fsp3) is 0.533. The van der Waals surface area contributed by atoms with Crippen molar-refractivity contribution in [2.24, 2.45) is 11.8 Å². The Labute approximate surface area is 136 Å². The zero-order valence-electron chi connectivity index (χ0n) is 12.4. The number of carboxylic acids is 1. The number of rotatable bonds is 7. The van der Waals surface area contributed by atoms with Gasteiger partial charge in [0.25, 0.3) is 0 Å². The molecule has 124 valence electrons. The number of hydrogen-bond acceptors (Lipinski definition) is 2. The Morgan fingerprint density at radius 2 is 1.95 bits per heavy atom. The third kappa shape index (κ3) is 6.36. The molecule has 0 saturated heterocycles. The smallest absolute Gasteiger partial charge is 0.416 e. The highest BCUT2D eigenvalue weighted by atomic mass is 79.9. The fourth-order valence-electron chi connectivity index (χ4n) is 2.15. The maximum atomic E-state index is 12.7. The lowest BCUT2D eigenvalue weighted by Crippen LogP contribution is -2.29. The predicted molar refractivity (Wildman–Crippen MR) is 81.4 cm³/mol. The van der Waals surface area contributed by atoms with Crippen LogP contribution in [0.3, 0.4) is 0 Å². The maximum Gasteiger partial charge on any atom is 0.416 e. The van der Waals surface area contributed by atoms with E-state index >= 15 is 0 Å². The van der Waals surface area contributed by atoms with Crippen LogP contribution in [0, 0.1) is 11.8 Å². The van der Waals surface area contributed by atoms with Gasteiger partial charge in [-0.25, -0.2) is 0 Å². The second-order valence-electron chi connectivity index (χ2n) is 5.64. The summed E-state index contributed by atoms with van der Waals surface area (Å²) in [6.45, 7) is 4.27. The molecule has 1 rings (SSSR count). The second kappa shape index (κ2) is 7.97. The summed E-state index contributed by atoms with van der Waals surface area (Å²) in [4.78, 5) is 11.1. The molecular formula is C15H19BrF3NO2. The normalized spacial score (nSPS) is 13.4. The standard InChI is InChI=1S/C15H19BrF3NO2/c1-9(2)3-11(14(21)22)8-20-7-10-4-12(15(17,18)19)6-13(16)5-10/h4-6,9,11,20H,3,7-8H2,1-2H3,(H,21,22). The largest absolute Gasteiger partial charge is 0.481 e. The molecule has 1 aromatic rings. The first-order valence-electron chi connectivity index (χ1n) is 6.89. The number of alkyl halides is 3. The fourth-order valence-corrected chi connectivity index (χ4v) is 2.69. The molecule has 2 N–H and O–H groups in total. The Kier molecular flexibility index (Phi) is 6.87. The molecular weight excluding hydrogens is 363 g/mol. The van der Waals surface area contributed by atoms with Gasteiger partial charge in [-0.2, -0.15) is 13.2 Å². The minimum Gasteiger partial charge on any atom is -0.481 e. The Hall–Kier alpha value is -1.08. The number of carbonyl (C=O) groups is 1. The van der Waals surface area contributed by atoms with E-state index in [1.165, 1.54) is 0 Å². The van der Waals surface area contributed by atoms with Crippen LogP contribution in [0.5, 0.6) is 0 Å². The van der Waals surface area contributed by atoms with E-state index in [1.807, 2.05) is 13.8 Å². The summed E-state index contributed by atoms with van der Waals surface area (Å²) in [6.07, 6.45) is -3.88. The average Bonchev–Trinajstić information content (AvgIpc) is 2.35. The van der Waals surface area contributed by atoms with E-state index in [4.69, 9.17) is 5.11 Å². The number of aliphatic carboxylic acids is 1. The minimum absolute atomic E-state index is 0.185. The highest BCUT2D eigenvalue weighted by Crippen LogP contribution is 2.32. The summed E-state index contributed by atoms with van der Waals surface area (Å²) in [5.74, 6) is -1.20. The predicted octanol–water partition coefficient (Wildman–Crippen LogP) is 4.30. The zero-order valence-corrected chi connectivity index (χ0v) is 14.0. The minimum atomic E-state index is -4.40. The van der Waals surface area contributed by atoms with Crippen LogP contribution in [-0.2, 0) is 17.5 Å². The Balaban J connectivity index is 2.68. The molecule has 0 fully saturated rings. The molecule has 0 bridgehead atoms. The third-order valence-electron chi connectivity index (χ3n) is 3.11. The summed E-state index contributed by atoms with van der Waals surface area (Å²) in [6, 6.07) is 3.67. The lowest BCUT2D eigenvalue weighted by molar-refractivity contribution is -0.142. The molecule has 1 aromatic carbocycles. The Morgan fingerprint density at radius 1 is 1.32 bits per heavy atom. The first kappa shape index (κ1) is 19.0. The van der Waals surface area contributed by atoms with E-state index in [2.05, 4.69) is 21.2 Å². The number of benzene rings is 1. The number of nitrogens with one attached hydrogen (secondary N) is 1. The molecule has 0 aliphatic rings. The Morgan fingerprint density at radius 3 is 2.45 bits per heavy atom. The summed E-state index contributed by atoms with van der Waals surface area (Å²) in [5.41, 5.74) is -0.272. The molecule has 0 saturated carbocycles. The molecule has 0 heterocycles. The van der Waals surface area contributed by atoms with Gasteiger partial charge in [-0.3, -0.25) is 4.79 Å². The molecule has 7 heteroatoms. The van der Waals surface area contributed by atoms with Crippen molar-refractivity contribution in [2.45, 2.75) is 33.0 Å². The van der Waals surface area contributed by atoms with Crippen LogP contribution in [0.2, 0.25) is 0 Å². The highest BCUT2D eigenvalue weighted by Gasteiger charge is 2.31. The number of carboxylic acid groups (broad SMARTS) is 1. The van der Waals surface area contributed by atoms with Gasteiger partial charge in [0.1, 0.15) is 0 Å². The average molecular weight is 382 g/mol. The molecule has 0 amide bonds. The van der Waals surface area contributed by atoms with Gasteiger partial charge >= 0.3 is 12.1 Å². The van der Waals surface area contributed by atoms with Crippen molar-refractivity contribution in [3.8, 4) is 0 Å². The lowest BCUT2D eigenvalue weighted by atomic mass is 9.97. The van der Waals surface area contributed by atoms with E-state index in [-0.39, 0.29) is 19.0 Å². The van der Waals surface area contributed by atoms with Gasteiger partial charge in [0.05, 0.1) is 11.5 Å². The molecule has 3 nitrogen and oxygen atoms in total. The zero-order chi connectivity index (χ0) is 16.9. The highest BCUT2D eigenvalue weighted by molar-refractivity contribution is 9.10. The van der Waals surface area contributed by atoms with Gasteiger partial charge in [-0.15, -0.1) is 0 Å². The summed E-state index contributed by atoms with van der Waals surface area (Å²) >= 11 is 3.06. The summed E-state index contributed by atoms with van der Waals surface area (Å²) in [7, 11) is 0. The van der Waals surface area contributed by atoms with Crippen molar-refractivity contribution in [2.75, 3.05) is 6.54 Å². The molecule has 0 aliphatic carbocycles. The van der Waals surface area contributed by atoms with Crippen molar-refractivity contribution < 1.29 is 23.1 Å². The van der Waals surface area contributed by atoms with Crippen LogP contribution in [0.4, 0.5) is 13.2 Å². The van der Waals surface area contributed by atoms with Crippen LogP contribution < -0.4 is 5.32 Å². The first-order chi connectivity index (χ1) is 10.1. The second-order valence-corrected chi connectivity index (χ2v) is 6.56. The number of hydrogen-bond donors (Lipinski definition) is 2. The monoisotopic (exact) mass is 381 g/mol. The maximum absolute atomic E-state index is 12.7. The van der Waals surface area contributed by atoms with Crippen LogP contribution in [0.15, 0.2) is 22.7 Å². The molecule has 0 radical (unpaired) electrons. The summed E-state index contributed by atoms with van der Waals surface area (Å²) < 4.78 is 38.5. The van der Waals surface area contributed by atoms with Crippen molar-refractivity contribution in [1.82, 2.24) is 5.32 Å². The van der Waals surface area contributed by atoms with Gasteiger partial charge < -0.3 is 10.4 Å². The van der Waals surface area contributed by atoms with Gasteiger partial charge in [-0.1, -0.05) is 29.8 Å². The molecule has 0 spiro atoms. The van der Waals surface area contributed by atoms with Crippen LogP contribution in [-0.4, -0.2) is 17.6 Å². The van der Waals surface area contributed by atoms with Gasteiger partial charge in [-0.05, 0) is 36.1 Å². The molecule has 0 aromatic heterocycles. The van der Waals surface area contributed by atoms with Crippen molar-refractivity contribution in [3.05, 3.63) is 33.8 Å². The molecule has 1 unspecified atom stereocenters. The van der Waals surface area contributed by atoms with Crippen molar-refractivity contribution >= 4 is 21.9 Å². The molecule has 1 atom stereocenters. The quantitative estimate of drug-likeness (QED) is 0.739. The van der Waals surface area contributed by atoms with Gasteiger partial charge in [0.15, 0.2) is 0 Å². The van der Waals surface area contributed by atoms with E-state index < -0.39 is 23.6 Å². The SMILES string of the molecule is CC(C)CC(CNCc1cc(Br)cc(C(F)(F)F)c1)C(=O)O. The molecule has 22 heavy (non-hydrogen) atoms. The van der Waals surface area contributed by atoms with Crippen LogP contribution in [0.25, 0.3) is 0 Å². The van der Waals surface area contributed by atoms with E-state index in [0.717, 1.165) is 12.1 Å². The third-order valence-corrected chi connectivity index (χ3v) is 3.57. The lowest BCUT2D eigenvalue weighted by Gasteiger charge is -2.16. The van der Waals surface area contributed by atoms with Crippen LogP contribution in [0.1, 0.15) is 31.4 Å². The van der Waals surface area contributed by atoms with E-state index in [0.29, 0.717) is 16.5 Å². The topological polar surface area (TPSA) is 49.3 Å². The summed E-state index contributed by atoms with van der Waals surface area (Å²) in [5, 5.41) is 12.0. The van der Waals surface area contributed by atoms with E-state index in [1.54, 1.807) is 6.07 Å². The van der Waals surface area contributed by atoms with Gasteiger partial charge in [0.2, 0.25) is 0 Å². The van der Waals surface area contributed by atoms with E-state index in [9.17, 15) is 18.0 Å². The van der Waals surface area contributed by atoms with Crippen molar-refractivity contribution in [1.29, 1.82) is 0 Å². The van der Waals surface area contributed by atoms with Crippen LogP contribution >= 0.6 is 15.9 Å². The van der Waals surface area contributed by atoms with Gasteiger partial charge in [0, 0.05) is 17.6 Å². The first-order valence-corrected chi connectivity index (χ1v) is 7.69. The molecule has 0 aliphatic heterocycles.